The van der Waals surface area contributed by atoms with Gasteiger partial charge in [0.25, 0.3) is 0 Å². The molecule has 0 bridgehead atoms. The molecule has 2 aliphatic heterocycles. The van der Waals surface area contributed by atoms with Crippen molar-refractivity contribution in [2.75, 3.05) is 37.7 Å². The van der Waals surface area contributed by atoms with Crippen LogP contribution in [0.2, 0.25) is 0 Å². The molecule has 2 saturated heterocycles. The number of hydrogen-bond donors (Lipinski definition) is 2. The summed E-state index contributed by atoms with van der Waals surface area (Å²) in [6.07, 6.45) is 6.64. The normalized spacial score (nSPS) is 21.2. The minimum atomic E-state index is -0.117. The maximum Gasteiger partial charge on any atom is 0.315 e. The van der Waals surface area contributed by atoms with Crippen molar-refractivity contribution in [1.29, 1.82) is 0 Å². The van der Waals surface area contributed by atoms with E-state index in [-0.39, 0.29) is 6.03 Å². The smallest absolute Gasteiger partial charge is 0.315 e. The molecule has 3 heterocycles. The molecular weight excluding hydrogens is 292 g/mol. The number of piperidine rings is 1. The quantitative estimate of drug-likeness (QED) is 0.870. The summed E-state index contributed by atoms with van der Waals surface area (Å²) in [6.45, 7) is 4.92. The Morgan fingerprint density at radius 1 is 1.30 bits per heavy atom. The van der Waals surface area contributed by atoms with Crippen molar-refractivity contribution < 1.29 is 9.53 Å². The minimum absolute atomic E-state index is 0.117. The Balaban J connectivity index is 1.44. The third kappa shape index (κ3) is 4.82. The number of carbonyl (C=O) groups is 1. The fourth-order valence-electron chi connectivity index (χ4n) is 3.09. The number of urea groups is 1. The Hall–Kier alpha value is -1.82. The third-order valence-electron chi connectivity index (χ3n) is 4.52. The van der Waals surface area contributed by atoms with Gasteiger partial charge in [-0.05, 0) is 43.4 Å². The largest absolute Gasteiger partial charge is 0.381 e. The number of carbonyl (C=O) groups excluding carboxylic acids is 1. The van der Waals surface area contributed by atoms with E-state index in [0.717, 1.165) is 44.1 Å². The highest BCUT2D eigenvalue weighted by Crippen LogP contribution is 2.18. The Bertz CT molecular complexity index is 511. The highest BCUT2D eigenvalue weighted by molar-refractivity contribution is 5.73. The van der Waals surface area contributed by atoms with Crippen LogP contribution in [0.5, 0.6) is 0 Å². The number of amides is 2. The number of nitrogens with one attached hydrogen (secondary N) is 2. The van der Waals surface area contributed by atoms with Crippen LogP contribution >= 0.6 is 0 Å². The van der Waals surface area contributed by atoms with E-state index in [1.54, 1.807) is 0 Å². The van der Waals surface area contributed by atoms with Crippen LogP contribution in [0.3, 0.4) is 0 Å². The van der Waals surface area contributed by atoms with E-state index in [1.165, 1.54) is 19.3 Å². The van der Waals surface area contributed by atoms with Crippen LogP contribution in [0.15, 0.2) is 18.3 Å². The lowest BCUT2D eigenvalue weighted by Gasteiger charge is -2.27. The van der Waals surface area contributed by atoms with Gasteiger partial charge in [-0.1, -0.05) is 0 Å². The molecule has 1 aromatic heterocycles. The molecule has 0 unspecified atom stereocenters. The van der Waals surface area contributed by atoms with E-state index < -0.39 is 0 Å². The van der Waals surface area contributed by atoms with Gasteiger partial charge in [-0.2, -0.15) is 0 Å². The SMILES string of the molecule is O=C(NCc1ccnc(N2CCCCC2)c1)NC[C@@H]1CCOC1. The number of aromatic nitrogens is 1. The summed E-state index contributed by atoms with van der Waals surface area (Å²) in [5.41, 5.74) is 1.08. The zero-order valence-electron chi connectivity index (χ0n) is 13.6. The first kappa shape index (κ1) is 16.1. The van der Waals surface area contributed by atoms with Crippen molar-refractivity contribution in [1.82, 2.24) is 15.6 Å². The average Bonchev–Trinajstić information content (AvgIpc) is 3.13. The molecule has 23 heavy (non-hydrogen) atoms. The topological polar surface area (TPSA) is 66.5 Å². The van der Waals surface area contributed by atoms with Gasteiger partial charge in [-0.25, -0.2) is 9.78 Å². The van der Waals surface area contributed by atoms with Gasteiger partial charge in [-0.15, -0.1) is 0 Å². The summed E-state index contributed by atoms with van der Waals surface area (Å²) in [4.78, 5) is 18.7. The van der Waals surface area contributed by atoms with Gasteiger partial charge >= 0.3 is 6.03 Å². The van der Waals surface area contributed by atoms with Gasteiger partial charge in [0.15, 0.2) is 0 Å². The zero-order chi connectivity index (χ0) is 15.9. The van der Waals surface area contributed by atoms with Crippen LogP contribution in [0.4, 0.5) is 10.6 Å². The second-order valence-corrected chi connectivity index (χ2v) is 6.36. The Kier molecular flexibility index (Phi) is 5.69. The monoisotopic (exact) mass is 318 g/mol. The second-order valence-electron chi connectivity index (χ2n) is 6.36. The predicted molar refractivity (Wildman–Crippen MR) is 89.5 cm³/mol. The standard InChI is InChI=1S/C17H26N4O2/c22-17(20-12-15-5-9-23-13-15)19-11-14-4-6-18-16(10-14)21-7-2-1-3-8-21/h4,6,10,15H,1-3,5,7-9,11-13H2,(H2,19,20,22)/t15-/m0/s1. The molecule has 2 fully saturated rings. The van der Waals surface area contributed by atoms with E-state index in [9.17, 15) is 4.79 Å². The summed E-state index contributed by atoms with van der Waals surface area (Å²) in [5, 5.41) is 5.83. The number of hydrogen-bond acceptors (Lipinski definition) is 4. The summed E-state index contributed by atoms with van der Waals surface area (Å²) < 4.78 is 5.31. The van der Waals surface area contributed by atoms with E-state index in [4.69, 9.17) is 4.74 Å². The second kappa shape index (κ2) is 8.15. The van der Waals surface area contributed by atoms with Crippen LogP contribution in [-0.4, -0.2) is 43.9 Å². The number of nitrogens with zero attached hydrogens (tertiary/aromatic N) is 2. The molecule has 0 aliphatic carbocycles. The fourth-order valence-corrected chi connectivity index (χ4v) is 3.09. The van der Waals surface area contributed by atoms with E-state index >= 15 is 0 Å². The molecule has 2 amide bonds. The molecule has 0 saturated carbocycles. The third-order valence-corrected chi connectivity index (χ3v) is 4.52. The molecular formula is C17H26N4O2. The van der Waals surface area contributed by atoms with Gasteiger partial charge in [0, 0.05) is 44.9 Å². The van der Waals surface area contributed by atoms with Gasteiger partial charge in [0.2, 0.25) is 0 Å². The van der Waals surface area contributed by atoms with Gasteiger partial charge < -0.3 is 20.3 Å². The number of rotatable bonds is 5. The Morgan fingerprint density at radius 2 is 2.17 bits per heavy atom. The number of ether oxygens (including phenoxy) is 1. The summed E-state index contributed by atoms with van der Waals surface area (Å²) in [6, 6.07) is 3.92. The maximum absolute atomic E-state index is 11.9. The van der Waals surface area contributed by atoms with Crippen molar-refractivity contribution in [3.05, 3.63) is 23.9 Å². The number of pyridine rings is 1. The summed E-state index contributed by atoms with van der Waals surface area (Å²) in [5.74, 6) is 1.47. The number of anilines is 1. The first-order valence-electron chi connectivity index (χ1n) is 8.60. The highest BCUT2D eigenvalue weighted by atomic mass is 16.5. The van der Waals surface area contributed by atoms with Crippen molar-refractivity contribution in [2.24, 2.45) is 5.92 Å². The molecule has 2 aliphatic rings. The maximum atomic E-state index is 11.9. The van der Waals surface area contributed by atoms with Crippen LogP contribution in [0.25, 0.3) is 0 Å². The van der Waals surface area contributed by atoms with Crippen LogP contribution < -0.4 is 15.5 Å². The lowest BCUT2D eigenvalue weighted by Crippen LogP contribution is -2.38. The molecule has 1 aromatic rings. The predicted octanol–water partition coefficient (Wildman–Crippen LogP) is 1.91. The average molecular weight is 318 g/mol. The van der Waals surface area contributed by atoms with Crippen molar-refractivity contribution >= 4 is 11.8 Å². The van der Waals surface area contributed by atoms with E-state index in [0.29, 0.717) is 19.0 Å². The minimum Gasteiger partial charge on any atom is -0.381 e. The lowest BCUT2D eigenvalue weighted by molar-refractivity contribution is 0.185. The molecule has 6 nitrogen and oxygen atoms in total. The van der Waals surface area contributed by atoms with Gasteiger partial charge in [0.1, 0.15) is 5.82 Å². The molecule has 126 valence electrons. The van der Waals surface area contributed by atoms with Gasteiger partial charge in [0.05, 0.1) is 6.61 Å². The zero-order valence-corrected chi connectivity index (χ0v) is 13.6. The fraction of sp³-hybridized carbons (Fsp3) is 0.647. The molecule has 0 aromatic carbocycles. The van der Waals surface area contributed by atoms with Crippen LogP contribution in [-0.2, 0) is 11.3 Å². The molecule has 0 spiro atoms. The molecule has 3 rings (SSSR count). The van der Waals surface area contributed by atoms with E-state index in [2.05, 4.69) is 26.6 Å². The van der Waals surface area contributed by atoms with Crippen molar-refractivity contribution in [3.8, 4) is 0 Å². The molecule has 2 N–H and O–H groups in total. The highest BCUT2D eigenvalue weighted by Gasteiger charge is 2.16. The van der Waals surface area contributed by atoms with Crippen LogP contribution in [0, 0.1) is 5.92 Å². The first-order valence-corrected chi connectivity index (χ1v) is 8.60. The Morgan fingerprint density at radius 3 is 2.96 bits per heavy atom. The van der Waals surface area contributed by atoms with Crippen molar-refractivity contribution in [3.63, 3.8) is 0 Å². The van der Waals surface area contributed by atoms with Crippen LogP contribution in [0.1, 0.15) is 31.2 Å². The van der Waals surface area contributed by atoms with Crippen molar-refractivity contribution in [2.45, 2.75) is 32.2 Å². The lowest BCUT2D eigenvalue weighted by atomic mass is 10.1. The molecule has 6 heteroatoms. The van der Waals surface area contributed by atoms with E-state index in [1.807, 2.05) is 12.3 Å². The summed E-state index contributed by atoms with van der Waals surface area (Å²) >= 11 is 0. The molecule has 1 atom stereocenters. The van der Waals surface area contributed by atoms with Gasteiger partial charge in [-0.3, -0.25) is 0 Å². The Labute approximate surface area is 137 Å². The molecule has 0 radical (unpaired) electrons. The summed E-state index contributed by atoms with van der Waals surface area (Å²) in [7, 11) is 0. The first-order chi connectivity index (χ1) is 11.3.